The lowest BCUT2D eigenvalue weighted by Gasteiger charge is -2.34. The number of thiazole rings is 1. The predicted molar refractivity (Wildman–Crippen MR) is 156 cm³/mol. The van der Waals surface area contributed by atoms with E-state index in [9.17, 15) is 13.2 Å². The minimum absolute atomic E-state index is 0.203. The van der Waals surface area contributed by atoms with Gasteiger partial charge in [-0.1, -0.05) is 29.9 Å². The predicted octanol–water partition coefficient (Wildman–Crippen LogP) is 3.93. The fourth-order valence-electron chi connectivity index (χ4n) is 5.15. The number of aromatic nitrogens is 1. The summed E-state index contributed by atoms with van der Waals surface area (Å²) in [6.45, 7) is 7.84. The van der Waals surface area contributed by atoms with E-state index in [2.05, 4.69) is 22.0 Å². The molecular weight excluding hydrogens is 558 g/mol. The van der Waals surface area contributed by atoms with Crippen molar-refractivity contribution >= 4 is 54.2 Å². The van der Waals surface area contributed by atoms with Crippen LogP contribution in [0.2, 0.25) is 5.02 Å². The van der Waals surface area contributed by atoms with Crippen molar-refractivity contribution in [3.63, 3.8) is 0 Å². The van der Waals surface area contributed by atoms with Gasteiger partial charge in [-0.3, -0.25) is 9.69 Å². The highest BCUT2D eigenvalue weighted by molar-refractivity contribution is 7.89. The Balaban J connectivity index is 1.09. The van der Waals surface area contributed by atoms with Crippen LogP contribution in [0.15, 0.2) is 41.3 Å². The first-order chi connectivity index (χ1) is 18.8. The molecule has 2 saturated heterocycles. The number of nitrogens with one attached hydrogen (secondary N) is 1. The van der Waals surface area contributed by atoms with E-state index in [-0.39, 0.29) is 10.8 Å². The number of carbonyl (C=O) groups is 1. The molecule has 1 atom stereocenters. The van der Waals surface area contributed by atoms with Crippen LogP contribution in [0.3, 0.4) is 0 Å². The Bertz CT molecular complexity index is 1420. The number of ether oxygens (including phenoxy) is 1. The zero-order valence-electron chi connectivity index (χ0n) is 22.2. The highest BCUT2D eigenvalue weighted by atomic mass is 35.5. The summed E-state index contributed by atoms with van der Waals surface area (Å²) in [6, 6.07) is 10.1. The Labute approximate surface area is 238 Å². The summed E-state index contributed by atoms with van der Waals surface area (Å²) in [5, 5.41) is 4.48. The Kier molecular flexibility index (Phi) is 8.63. The third kappa shape index (κ3) is 6.17. The molecule has 1 aromatic heterocycles. The maximum Gasteiger partial charge on any atom is 0.251 e. The molecule has 39 heavy (non-hydrogen) atoms. The zero-order chi connectivity index (χ0) is 27.6. The van der Waals surface area contributed by atoms with Gasteiger partial charge in [0.15, 0.2) is 10.9 Å². The first-order valence-electron chi connectivity index (χ1n) is 13.2. The summed E-state index contributed by atoms with van der Waals surface area (Å²) in [5.74, 6) is 0.767. The number of fused-ring (bicyclic) bond motifs is 1. The summed E-state index contributed by atoms with van der Waals surface area (Å²) < 4.78 is 34.0. The lowest BCUT2D eigenvalue weighted by Crippen LogP contribution is -2.48. The van der Waals surface area contributed by atoms with Crippen molar-refractivity contribution in [2.75, 3.05) is 64.4 Å². The number of piperidine rings is 1. The fraction of sp³-hybridized carbons (Fsp3) is 0.481. The maximum absolute atomic E-state index is 13.0. The molecule has 2 aromatic carbocycles. The molecular formula is C27H34ClN5O4S2. The van der Waals surface area contributed by atoms with Gasteiger partial charge in [-0.25, -0.2) is 13.4 Å². The summed E-state index contributed by atoms with van der Waals surface area (Å²) in [7, 11) is -1.93. The van der Waals surface area contributed by atoms with Crippen LogP contribution in [0, 0.1) is 5.92 Å². The molecule has 0 spiro atoms. The van der Waals surface area contributed by atoms with E-state index in [1.807, 2.05) is 12.1 Å². The molecule has 0 bridgehead atoms. The van der Waals surface area contributed by atoms with Crippen molar-refractivity contribution in [3.8, 4) is 5.75 Å². The quantitative estimate of drug-likeness (QED) is 0.424. The standard InChI is InChI=1S/C27H34ClN5O4S2/c1-19-4-3-12-33(18-19)39(35,36)21-7-5-20(6-8-21)26(34)29-11-13-31-14-16-32(17-15-31)27-30-24-23(38-27)10-9-22(28)25(24)37-2/h5-10,19H,3-4,11-18H2,1-2H3,(H,29,34). The highest BCUT2D eigenvalue weighted by Gasteiger charge is 2.28. The van der Waals surface area contributed by atoms with Gasteiger partial charge in [-0.2, -0.15) is 4.31 Å². The maximum atomic E-state index is 13.0. The minimum Gasteiger partial charge on any atom is -0.493 e. The highest BCUT2D eigenvalue weighted by Crippen LogP contribution is 2.38. The molecule has 1 amide bonds. The number of hydrogen-bond acceptors (Lipinski definition) is 8. The van der Waals surface area contributed by atoms with Crippen molar-refractivity contribution in [1.29, 1.82) is 0 Å². The molecule has 12 heteroatoms. The molecule has 210 valence electrons. The van der Waals surface area contributed by atoms with Gasteiger partial charge < -0.3 is 15.0 Å². The lowest BCUT2D eigenvalue weighted by molar-refractivity contribution is 0.0947. The van der Waals surface area contributed by atoms with Crippen LogP contribution < -0.4 is 15.0 Å². The largest absolute Gasteiger partial charge is 0.493 e. The van der Waals surface area contributed by atoms with Gasteiger partial charge in [0.05, 0.1) is 21.7 Å². The molecule has 2 aliphatic heterocycles. The number of amides is 1. The summed E-state index contributed by atoms with van der Waals surface area (Å²) in [5.41, 5.74) is 1.25. The van der Waals surface area contributed by atoms with E-state index in [1.165, 1.54) is 12.1 Å². The van der Waals surface area contributed by atoms with Crippen LogP contribution in [-0.2, 0) is 10.0 Å². The lowest BCUT2D eigenvalue weighted by atomic mass is 10.0. The molecule has 3 heterocycles. The zero-order valence-corrected chi connectivity index (χ0v) is 24.6. The first-order valence-corrected chi connectivity index (χ1v) is 15.9. The van der Waals surface area contributed by atoms with Crippen molar-refractivity contribution in [2.24, 2.45) is 5.92 Å². The smallest absolute Gasteiger partial charge is 0.251 e. The third-order valence-electron chi connectivity index (χ3n) is 7.39. The van der Waals surface area contributed by atoms with E-state index in [4.69, 9.17) is 21.3 Å². The summed E-state index contributed by atoms with van der Waals surface area (Å²) >= 11 is 7.88. The number of anilines is 1. The Morgan fingerprint density at radius 3 is 2.56 bits per heavy atom. The van der Waals surface area contributed by atoms with Gasteiger partial charge in [0.2, 0.25) is 10.0 Å². The Hall–Kier alpha value is -2.44. The van der Waals surface area contributed by atoms with Gasteiger partial charge in [-0.05, 0) is 55.2 Å². The van der Waals surface area contributed by atoms with Gasteiger partial charge in [0, 0.05) is 57.9 Å². The normalized spacial score (nSPS) is 19.4. The number of nitrogens with zero attached hydrogens (tertiary/aromatic N) is 4. The second-order valence-electron chi connectivity index (χ2n) is 10.1. The number of piperazine rings is 1. The molecule has 0 aliphatic carbocycles. The summed E-state index contributed by atoms with van der Waals surface area (Å²) in [6.07, 6.45) is 1.93. The van der Waals surface area contributed by atoms with E-state index in [1.54, 1.807) is 34.9 Å². The number of methoxy groups -OCH3 is 1. The van der Waals surface area contributed by atoms with Crippen LogP contribution in [0.4, 0.5) is 5.13 Å². The van der Waals surface area contributed by atoms with Crippen LogP contribution in [-0.4, -0.2) is 88.0 Å². The number of benzene rings is 2. The van der Waals surface area contributed by atoms with E-state index < -0.39 is 10.0 Å². The second kappa shape index (κ2) is 12.0. The van der Waals surface area contributed by atoms with Crippen molar-refractivity contribution in [2.45, 2.75) is 24.7 Å². The molecule has 0 radical (unpaired) electrons. The molecule has 3 aromatic rings. The van der Waals surface area contributed by atoms with Crippen LogP contribution in [0.25, 0.3) is 10.2 Å². The Morgan fingerprint density at radius 1 is 1.13 bits per heavy atom. The first kappa shape index (κ1) is 28.1. The van der Waals surface area contributed by atoms with E-state index in [0.29, 0.717) is 41.9 Å². The topological polar surface area (TPSA) is 95.1 Å². The SMILES string of the molecule is COc1c(Cl)ccc2sc(N3CCN(CCNC(=O)c4ccc(S(=O)(=O)N5CCCC(C)C5)cc4)CC3)nc12. The second-order valence-corrected chi connectivity index (χ2v) is 13.5. The average Bonchev–Trinajstić information content (AvgIpc) is 3.38. The van der Waals surface area contributed by atoms with E-state index >= 15 is 0 Å². The molecule has 2 fully saturated rings. The van der Waals surface area contributed by atoms with Gasteiger partial charge >= 0.3 is 0 Å². The average molecular weight is 592 g/mol. The molecule has 1 N–H and O–H groups in total. The van der Waals surface area contributed by atoms with Crippen LogP contribution in [0.5, 0.6) is 5.75 Å². The fourth-order valence-corrected chi connectivity index (χ4v) is 7.99. The molecule has 2 aliphatic rings. The molecule has 0 saturated carbocycles. The minimum atomic E-state index is -3.53. The monoisotopic (exact) mass is 591 g/mol. The third-order valence-corrected chi connectivity index (χ3v) is 10.6. The number of hydrogen-bond donors (Lipinski definition) is 1. The van der Waals surface area contributed by atoms with Gasteiger partial charge in [-0.15, -0.1) is 0 Å². The Morgan fingerprint density at radius 2 is 1.87 bits per heavy atom. The van der Waals surface area contributed by atoms with Gasteiger partial charge in [0.1, 0.15) is 5.52 Å². The number of sulfonamides is 1. The summed E-state index contributed by atoms with van der Waals surface area (Å²) in [4.78, 5) is 22.3. The van der Waals surface area contributed by atoms with Crippen molar-refractivity contribution < 1.29 is 17.9 Å². The number of carbonyl (C=O) groups excluding carboxylic acids is 1. The van der Waals surface area contributed by atoms with Crippen LogP contribution >= 0.6 is 22.9 Å². The molecule has 9 nitrogen and oxygen atoms in total. The van der Waals surface area contributed by atoms with Crippen molar-refractivity contribution in [1.82, 2.24) is 19.5 Å². The number of halogens is 1. The molecule has 1 unspecified atom stereocenters. The number of rotatable bonds is 8. The molecule has 5 rings (SSSR count). The van der Waals surface area contributed by atoms with E-state index in [0.717, 1.165) is 60.9 Å². The van der Waals surface area contributed by atoms with Gasteiger partial charge in [0.25, 0.3) is 5.91 Å². The van der Waals surface area contributed by atoms with Crippen LogP contribution in [0.1, 0.15) is 30.1 Å². The van der Waals surface area contributed by atoms with Crippen molar-refractivity contribution in [3.05, 3.63) is 47.0 Å².